The highest BCUT2D eigenvalue weighted by atomic mass is 19.4. The zero-order valence-electron chi connectivity index (χ0n) is 18.6. The minimum atomic E-state index is -4.72. The van der Waals surface area contributed by atoms with Crippen LogP contribution in [0.4, 0.5) is 24.9 Å². The molecule has 0 aliphatic heterocycles. The van der Waals surface area contributed by atoms with Crippen LogP contribution in [0.5, 0.6) is 0 Å². The van der Waals surface area contributed by atoms with Crippen LogP contribution < -0.4 is 16.4 Å². The number of nitrogens with two attached hydrogens (primary N) is 1. The molecule has 35 heavy (non-hydrogen) atoms. The van der Waals surface area contributed by atoms with Crippen molar-refractivity contribution >= 4 is 17.7 Å². The number of nitriles is 1. The fraction of sp³-hybridized carbons (Fsp3) is 0.261. The Morgan fingerprint density at radius 2 is 1.94 bits per heavy atom. The number of hydrogen-bond donors (Lipinski definition) is 4. The highest BCUT2D eigenvalue weighted by molar-refractivity contribution is 5.82. The molecule has 0 saturated heterocycles. The van der Waals surface area contributed by atoms with E-state index in [2.05, 4.69) is 25.6 Å². The van der Waals surface area contributed by atoms with Gasteiger partial charge in [0.05, 0.1) is 29.6 Å². The first-order chi connectivity index (χ1) is 16.6. The molecule has 3 aromatic rings. The highest BCUT2D eigenvalue weighted by Crippen LogP contribution is 2.34. The molecule has 2 aromatic heterocycles. The first-order valence-electron chi connectivity index (χ1n) is 10.5. The van der Waals surface area contributed by atoms with E-state index in [1.54, 1.807) is 37.3 Å². The maximum Gasteiger partial charge on any atom is 0.421 e. The van der Waals surface area contributed by atoms with Crippen molar-refractivity contribution in [3.8, 4) is 17.3 Å². The molecule has 0 radical (unpaired) electrons. The predicted molar refractivity (Wildman–Crippen MR) is 122 cm³/mol. The molecular weight excluding hydrogens is 463 g/mol. The van der Waals surface area contributed by atoms with Gasteiger partial charge in [-0.2, -0.15) is 23.4 Å². The van der Waals surface area contributed by atoms with E-state index in [4.69, 9.17) is 11.0 Å². The molecule has 1 aromatic carbocycles. The molecule has 182 valence electrons. The molecular formula is C23H22F3N7O2. The predicted octanol–water partition coefficient (Wildman–Crippen LogP) is 3.21. The number of primary amides is 1. The number of benzene rings is 1. The lowest BCUT2D eigenvalue weighted by atomic mass is 10.1. The van der Waals surface area contributed by atoms with Gasteiger partial charge in [0.25, 0.3) is 0 Å². The van der Waals surface area contributed by atoms with Gasteiger partial charge in [-0.3, -0.25) is 9.78 Å². The number of alkyl halides is 3. The molecule has 0 aliphatic carbocycles. The van der Waals surface area contributed by atoms with Crippen LogP contribution in [0.25, 0.3) is 11.3 Å². The Bertz CT molecular complexity index is 1240. The summed E-state index contributed by atoms with van der Waals surface area (Å²) in [5.41, 5.74) is 6.88. The van der Waals surface area contributed by atoms with Gasteiger partial charge >= 0.3 is 6.18 Å². The van der Waals surface area contributed by atoms with Gasteiger partial charge in [0.1, 0.15) is 17.4 Å². The van der Waals surface area contributed by atoms with Crippen molar-refractivity contribution in [3.05, 3.63) is 65.0 Å². The maximum atomic E-state index is 13.4. The van der Waals surface area contributed by atoms with Crippen LogP contribution in [-0.4, -0.2) is 32.0 Å². The number of amides is 1. The Kier molecular flexibility index (Phi) is 7.83. The smallest absolute Gasteiger partial charge is 0.390 e. The average Bonchev–Trinajstić information content (AvgIpc) is 2.85. The summed E-state index contributed by atoms with van der Waals surface area (Å²) in [5, 5.41) is 23.8. The number of carbonyl (C=O) groups excluding carboxylic acids is 1. The SMILES string of the molecule is CC[C@@H](Nc1nc(NCc2ccc(-c3cc(C#N)cc(CO)n3)cc2)ncc1C(F)(F)F)C(N)=O. The quantitative estimate of drug-likeness (QED) is 0.361. The first-order valence-corrected chi connectivity index (χ1v) is 10.5. The molecule has 0 saturated carbocycles. The van der Waals surface area contributed by atoms with E-state index in [-0.39, 0.29) is 25.5 Å². The van der Waals surface area contributed by atoms with Crippen molar-refractivity contribution in [1.29, 1.82) is 5.26 Å². The van der Waals surface area contributed by atoms with Crippen molar-refractivity contribution in [2.45, 2.75) is 38.7 Å². The van der Waals surface area contributed by atoms with Crippen LogP contribution in [0.15, 0.2) is 42.6 Å². The summed E-state index contributed by atoms with van der Waals surface area (Å²) in [4.78, 5) is 23.4. The van der Waals surface area contributed by atoms with Crippen molar-refractivity contribution < 1.29 is 23.1 Å². The third kappa shape index (κ3) is 6.42. The van der Waals surface area contributed by atoms with E-state index in [9.17, 15) is 23.1 Å². The molecule has 0 aliphatic rings. The first kappa shape index (κ1) is 25.4. The van der Waals surface area contributed by atoms with E-state index >= 15 is 0 Å². The molecule has 12 heteroatoms. The summed E-state index contributed by atoms with van der Waals surface area (Å²) in [6.45, 7) is 1.51. The summed E-state index contributed by atoms with van der Waals surface area (Å²) in [7, 11) is 0. The molecule has 2 heterocycles. The van der Waals surface area contributed by atoms with Crippen LogP contribution in [0, 0.1) is 11.3 Å². The second-order valence-corrected chi connectivity index (χ2v) is 7.51. The van der Waals surface area contributed by atoms with Gasteiger partial charge in [0.2, 0.25) is 11.9 Å². The molecule has 0 fully saturated rings. The lowest BCUT2D eigenvalue weighted by Gasteiger charge is -2.18. The number of anilines is 2. The minimum Gasteiger partial charge on any atom is -0.390 e. The van der Waals surface area contributed by atoms with Gasteiger partial charge in [-0.25, -0.2) is 4.98 Å². The van der Waals surface area contributed by atoms with Crippen LogP contribution in [0.2, 0.25) is 0 Å². The van der Waals surface area contributed by atoms with Gasteiger partial charge in [-0.15, -0.1) is 0 Å². The van der Waals surface area contributed by atoms with E-state index in [0.717, 1.165) is 11.1 Å². The molecule has 1 atom stereocenters. The average molecular weight is 485 g/mol. The summed E-state index contributed by atoms with van der Waals surface area (Å²) in [6.07, 6.45) is -3.90. The van der Waals surface area contributed by atoms with Crippen molar-refractivity contribution in [2.75, 3.05) is 10.6 Å². The Labute approximate surface area is 198 Å². The Hall–Kier alpha value is -4.24. The number of aromatic nitrogens is 3. The number of carbonyl (C=O) groups is 1. The zero-order valence-corrected chi connectivity index (χ0v) is 18.6. The van der Waals surface area contributed by atoms with Crippen LogP contribution in [0.1, 0.15) is 35.7 Å². The molecule has 1 amide bonds. The maximum absolute atomic E-state index is 13.4. The molecule has 0 spiro atoms. The number of hydrogen-bond acceptors (Lipinski definition) is 8. The second kappa shape index (κ2) is 10.8. The van der Waals surface area contributed by atoms with Crippen molar-refractivity contribution in [1.82, 2.24) is 15.0 Å². The number of halogens is 3. The minimum absolute atomic E-state index is 0.0696. The summed E-state index contributed by atoms with van der Waals surface area (Å²) >= 11 is 0. The Morgan fingerprint density at radius 3 is 2.51 bits per heavy atom. The third-order valence-electron chi connectivity index (χ3n) is 5.03. The molecule has 5 N–H and O–H groups in total. The van der Waals surface area contributed by atoms with Gasteiger partial charge in [-0.05, 0) is 24.1 Å². The third-order valence-corrected chi connectivity index (χ3v) is 5.03. The van der Waals surface area contributed by atoms with Crippen LogP contribution >= 0.6 is 0 Å². The number of aliphatic hydroxyl groups is 1. The van der Waals surface area contributed by atoms with Crippen LogP contribution in [-0.2, 0) is 24.1 Å². The molecule has 9 nitrogen and oxygen atoms in total. The molecule has 3 rings (SSSR count). The zero-order chi connectivity index (χ0) is 25.6. The Balaban J connectivity index is 1.78. The highest BCUT2D eigenvalue weighted by Gasteiger charge is 2.36. The van der Waals surface area contributed by atoms with Gasteiger partial charge in [-0.1, -0.05) is 31.2 Å². The number of rotatable bonds is 9. The molecule has 0 unspecified atom stereocenters. The number of nitrogens with zero attached hydrogens (tertiary/aromatic N) is 4. The van der Waals surface area contributed by atoms with Crippen molar-refractivity contribution in [2.24, 2.45) is 5.73 Å². The number of aliphatic hydroxyl groups excluding tert-OH is 1. The van der Waals surface area contributed by atoms with Gasteiger partial charge in [0, 0.05) is 18.3 Å². The lowest BCUT2D eigenvalue weighted by molar-refractivity contribution is -0.137. The van der Waals surface area contributed by atoms with Crippen molar-refractivity contribution in [3.63, 3.8) is 0 Å². The summed E-state index contributed by atoms with van der Waals surface area (Å²) < 4.78 is 40.1. The van der Waals surface area contributed by atoms with E-state index in [1.165, 1.54) is 6.07 Å². The largest absolute Gasteiger partial charge is 0.421 e. The normalized spacial score (nSPS) is 12.0. The van der Waals surface area contributed by atoms with E-state index in [0.29, 0.717) is 23.1 Å². The second-order valence-electron chi connectivity index (χ2n) is 7.51. The fourth-order valence-electron chi connectivity index (χ4n) is 3.18. The van der Waals surface area contributed by atoms with E-state index < -0.39 is 29.5 Å². The monoisotopic (exact) mass is 485 g/mol. The van der Waals surface area contributed by atoms with Gasteiger partial charge < -0.3 is 21.5 Å². The van der Waals surface area contributed by atoms with Gasteiger partial charge in [0.15, 0.2) is 0 Å². The fourth-order valence-corrected chi connectivity index (χ4v) is 3.18. The van der Waals surface area contributed by atoms with E-state index in [1.807, 2.05) is 6.07 Å². The summed E-state index contributed by atoms with van der Waals surface area (Å²) in [6, 6.07) is 11.2. The number of pyridine rings is 1. The van der Waals surface area contributed by atoms with Crippen LogP contribution in [0.3, 0.4) is 0 Å². The number of nitrogens with one attached hydrogen (secondary N) is 2. The molecule has 0 bridgehead atoms. The Morgan fingerprint density at radius 1 is 1.23 bits per heavy atom. The summed E-state index contributed by atoms with van der Waals surface area (Å²) in [5.74, 6) is -1.41. The standard InChI is InChI=1S/C23H22F3N7O2/c1-2-18(20(28)35)32-21-17(23(24,25)26)11-30-22(33-21)29-10-13-3-5-15(6-4-13)19-8-14(9-27)7-16(12-34)31-19/h3-8,11,18,34H,2,10,12H2,1H3,(H2,28,35)(H2,29,30,32,33)/t18-/m1/s1. The topological polar surface area (TPSA) is 150 Å². The lowest BCUT2D eigenvalue weighted by Crippen LogP contribution is -2.35.